The van der Waals surface area contributed by atoms with Crippen LogP contribution in [0.1, 0.15) is 112 Å². The number of nitrogens with one attached hydrogen (secondary N) is 1. The van der Waals surface area contributed by atoms with Gasteiger partial charge >= 0.3 is 0 Å². The number of Topliss-reactive ketones (excluding diaryl/α,β-unsaturated/α-hetero) is 4. The number of anilines is 1. The first-order chi connectivity index (χ1) is 21.8. The van der Waals surface area contributed by atoms with Gasteiger partial charge in [-0.1, -0.05) is 37.5 Å². The van der Waals surface area contributed by atoms with Gasteiger partial charge < -0.3 is 9.88 Å². The summed E-state index contributed by atoms with van der Waals surface area (Å²) in [7, 11) is 0. The normalized spacial score (nSPS) is 24.2. The third-order valence-electron chi connectivity index (χ3n) is 11.3. The minimum absolute atomic E-state index is 0.107. The van der Waals surface area contributed by atoms with Gasteiger partial charge in [0, 0.05) is 79.7 Å². The Kier molecular flexibility index (Phi) is 5.63. The summed E-state index contributed by atoms with van der Waals surface area (Å²) in [6.07, 6.45) is 12.2. The lowest BCUT2D eigenvalue weighted by Gasteiger charge is -2.40. The van der Waals surface area contributed by atoms with E-state index < -0.39 is 0 Å². The number of ketones is 4. The van der Waals surface area contributed by atoms with Crippen molar-refractivity contribution in [3.05, 3.63) is 99.8 Å². The number of carbonyl (C=O) groups excluding carboxylic acids is 4. The molecule has 9 rings (SSSR count). The maximum Gasteiger partial charge on any atom is 0.197 e. The molecule has 0 spiro atoms. The van der Waals surface area contributed by atoms with E-state index in [2.05, 4.69) is 53.2 Å². The number of hydrogen-bond donors (Lipinski definition) is 1. The fourth-order valence-corrected chi connectivity index (χ4v) is 8.75. The molecule has 4 aliphatic carbocycles. The highest BCUT2D eigenvalue weighted by Gasteiger charge is 2.52. The minimum atomic E-state index is -0.367. The van der Waals surface area contributed by atoms with Crippen molar-refractivity contribution in [2.45, 2.75) is 76.2 Å². The Balaban J connectivity index is 1.21. The quantitative estimate of drug-likeness (QED) is 0.191. The van der Waals surface area contributed by atoms with Gasteiger partial charge in [0.25, 0.3) is 0 Å². The van der Waals surface area contributed by atoms with Crippen LogP contribution in [0, 0.1) is 5.92 Å². The summed E-state index contributed by atoms with van der Waals surface area (Å²) >= 11 is 0. The molecule has 1 unspecified atom stereocenters. The highest BCUT2D eigenvalue weighted by atomic mass is 16.2. The first-order valence-corrected chi connectivity index (χ1v) is 16.4. The molecular formula is C39H34N2O4. The third kappa shape index (κ3) is 3.74. The molecule has 45 heavy (non-hydrogen) atoms. The number of H-pyrrole nitrogens is 1. The molecule has 6 heteroatoms. The van der Waals surface area contributed by atoms with Crippen LogP contribution in [0.4, 0.5) is 5.69 Å². The Hall–Kier alpha value is -4.58. The number of fused-ring (bicyclic) bond motifs is 6. The van der Waals surface area contributed by atoms with Gasteiger partial charge in [0.15, 0.2) is 23.1 Å². The van der Waals surface area contributed by atoms with Crippen LogP contribution < -0.4 is 4.90 Å². The Bertz CT molecular complexity index is 2050. The van der Waals surface area contributed by atoms with E-state index in [9.17, 15) is 19.2 Å². The number of para-hydroxylation sites is 1. The smallest absolute Gasteiger partial charge is 0.197 e. The van der Waals surface area contributed by atoms with Crippen LogP contribution in [0.5, 0.6) is 0 Å². The molecule has 1 N–H and O–H groups in total. The summed E-state index contributed by atoms with van der Waals surface area (Å²) in [4.78, 5) is 58.8. The van der Waals surface area contributed by atoms with Crippen LogP contribution in [0.25, 0.3) is 21.8 Å². The summed E-state index contributed by atoms with van der Waals surface area (Å²) in [6.45, 7) is 2.38. The van der Waals surface area contributed by atoms with E-state index in [4.69, 9.17) is 0 Å². The molecular weight excluding hydrogens is 560 g/mol. The van der Waals surface area contributed by atoms with Crippen molar-refractivity contribution in [2.75, 3.05) is 4.90 Å². The van der Waals surface area contributed by atoms with Crippen molar-refractivity contribution >= 4 is 50.6 Å². The zero-order valence-corrected chi connectivity index (χ0v) is 25.4. The molecule has 6 nitrogen and oxygen atoms in total. The molecule has 0 radical (unpaired) electrons. The van der Waals surface area contributed by atoms with Crippen molar-refractivity contribution in [3.63, 3.8) is 0 Å². The van der Waals surface area contributed by atoms with Crippen LogP contribution in [-0.2, 0) is 5.41 Å². The first kappa shape index (κ1) is 26.8. The fraction of sp³-hybridized carbons (Fsp3) is 0.333. The van der Waals surface area contributed by atoms with Crippen LogP contribution in [-0.4, -0.2) is 34.2 Å². The summed E-state index contributed by atoms with van der Waals surface area (Å²) in [5.41, 5.74) is 6.81. The molecule has 0 saturated heterocycles. The van der Waals surface area contributed by atoms with E-state index in [1.807, 2.05) is 6.08 Å². The predicted octanol–water partition coefficient (Wildman–Crippen LogP) is 8.19. The van der Waals surface area contributed by atoms with Crippen molar-refractivity contribution in [1.82, 2.24) is 4.98 Å². The molecule has 0 amide bonds. The van der Waals surface area contributed by atoms with Gasteiger partial charge in [0.2, 0.25) is 0 Å². The number of hydrogen-bond acceptors (Lipinski definition) is 5. The van der Waals surface area contributed by atoms with Crippen LogP contribution in [0.2, 0.25) is 0 Å². The molecule has 0 bridgehead atoms. The van der Waals surface area contributed by atoms with Crippen LogP contribution in [0.3, 0.4) is 0 Å². The number of allylic oxidation sites excluding steroid dienone is 4. The molecule has 1 aliphatic heterocycles. The summed E-state index contributed by atoms with van der Waals surface area (Å²) < 4.78 is 0. The fourth-order valence-electron chi connectivity index (χ4n) is 8.75. The van der Waals surface area contributed by atoms with Crippen molar-refractivity contribution in [2.24, 2.45) is 5.92 Å². The van der Waals surface area contributed by atoms with Crippen molar-refractivity contribution in [1.29, 1.82) is 0 Å². The lowest BCUT2D eigenvalue weighted by Crippen LogP contribution is -2.37. The van der Waals surface area contributed by atoms with Gasteiger partial charge in [0.05, 0.1) is 5.57 Å². The van der Waals surface area contributed by atoms with Gasteiger partial charge in [-0.05, 0) is 86.6 Å². The molecule has 224 valence electrons. The van der Waals surface area contributed by atoms with Crippen LogP contribution >= 0.6 is 0 Å². The monoisotopic (exact) mass is 594 g/mol. The molecule has 1 atom stereocenters. The second-order valence-corrected chi connectivity index (χ2v) is 13.8. The molecule has 2 saturated carbocycles. The number of carbonyl (C=O) groups is 4. The van der Waals surface area contributed by atoms with E-state index >= 15 is 0 Å². The van der Waals surface area contributed by atoms with Gasteiger partial charge in [0.1, 0.15) is 0 Å². The lowest BCUT2D eigenvalue weighted by atomic mass is 9.65. The largest absolute Gasteiger partial charge is 0.354 e. The van der Waals surface area contributed by atoms with Gasteiger partial charge in [-0.2, -0.15) is 0 Å². The molecule has 4 aromatic rings. The maximum absolute atomic E-state index is 13.7. The predicted molar refractivity (Wildman–Crippen MR) is 174 cm³/mol. The average Bonchev–Trinajstić information content (AvgIpc) is 3.73. The highest BCUT2D eigenvalue weighted by Crippen LogP contribution is 2.59. The van der Waals surface area contributed by atoms with Crippen molar-refractivity contribution < 1.29 is 19.2 Å². The SMILES string of the molecule is CC1(C2CCCCC2)/C(=C/C=C2C(=O)c3cc4c(cc3C2=O)C(=O)CCC4=O)N(C2CC2)c2cc3[nH]c4ccccc4c3cc21. The number of nitrogens with zero attached hydrogens (tertiary/aromatic N) is 1. The molecule has 1 aromatic heterocycles. The number of rotatable bonds is 3. The second kappa shape index (κ2) is 9.46. The highest BCUT2D eigenvalue weighted by molar-refractivity contribution is 6.40. The molecule has 3 aromatic carbocycles. The van der Waals surface area contributed by atoms with Gasteiger partial charge in [-0.25, -0.2) is 0 Å². The van der Waals surface area contributed by atoms with E-state index in [1.165, 1.54) is 53.4 Å². The summed E-state index contributed by atoms with van der Waals surface area (Å²) in [5.74, 6) is -0.593. The topological polar surface area (TPSA) is 87.3 Å². The van der Waals surface area contributed by atoms with Crippen LogP contribution in [0.15, 0.2) is 72.0 Å². The van der Waals surface area contributed by atoms with E-state index in [1.54, 1.807) is 6.08 Å². The van der Waals surface area contributed by atoms with Gasteiger partial charge in [-0.15, -0.1) is 0 Å². The van der Waals surface area contributed by atoms with Crippen molar-refractivity contribution in [3.8, 4) is 0 Å². The Morgan fingerprint density at radius 3 is 2.07 bits per heavy atom. The average molecular weight is 595 g/mol. The summed E-state index contributed by atoms with van der Waals surface area (Å²) in [5, 5.41) is 2.45. The van der Waals surface area contributed by atoms with E-state index in [0.717, 1.165) is 42.4 Å². The minimum Gasteiger partial charge on any atom is -0.354 e. The molecule has 5 aliphatic rings. The maximum atomic E-state index is 13.7. The van der Waals surface area contributed by atoms with Gasteiger partial charge in [-0.3, -0.25) is 19.2 Å². The first-order valence-electron chi connectivity index (χ1n) is 16.4. The number of aromatic nitrogens is 1. The second-order valence-electron chi connectivity index (χ2n) is 13.8. The molecule has 2 fully saturated rings. The molecule has 2 heterocycles. The standard InChI is InChI=1S/C39H34N2O4/c1-39(21-7-3-2-4-8-21)30-19-25-23-9-5-6-10-31(23)40-32(25)20-33(30)41(22-11-12-22)36(39)16-13-24-37(44)28-17-26-27(18-29(28)38(24)45)35(43)15-14-34(26)42/h5-6,9-10,13,16-22,40H,2-4,7-8,11-12,14-15H2,1H3/b36-16-. The Morgan fingerprint density at radius 1 is 0.733 bits per heavy atom. The summed E-state index contributed by atoms with van der Waals surface area (Å²) in [6, 6.07) is 16.5. The third-order valence-corrected chi connectivity index (χ3v) is 11.3. The zero-order valence-electron chi connectivity index (χ0n) is 25.4. The lowest BCUT2D eigenvalue weighted by molar-refractivity contribution is 0.0890. The number of aromatic amines is 1. The van der Waals surface area contributed by atoms with E-state index in [-0.39, 0.29) is 69.2 Å². The van der Waals surface area contributed by atoms with E-state index in [0.29, 0.717) is 12.0 Å². The zero-order chi connectivity index (χ0) is 30.6. The Morgan fingerprint density at radius 2 is 1.40 bits per heavy atom. The number of benzene rings is 3. The Labute approximate surface area is 261 Å².